The summed E-state index contributed by atoms with van der Waals surface area (Å²) in [7, 11) is 1.95. The SMILES string of the molecule is CCc1ccccc1Nc1nc(N)nc(CSc2nnc(-c3cccs3)n2C)n1. The highest BCUT2D eigenvalue weighted by Crippen LogP contribution is 2.27. The highest BCUT2D eigenvalue weighted by Gasteiger charge is 2.14. The molecule has 3 heterocycles. The number of nitrogens with two attached hydrogens (primary N) is 1. The fraction of sp³-hybridized carbons (Fsp3) is 0.211. The third-order valence-electron chi connectivity index (χ3n) is 4.25. The summed E-state index contributed by atoms with van der Waals surface area (Å²) in [6.07, 6.45) is 0.908. The van der Waals surface area contributed by atoms with Crippen molar-refractivity contribution < 1.29 is 0 Å². The van der Waals surface area contributed by atoms with Gasteiger partial charge in [-0.25, -0.2) is 0 Å². The number of hydrogen-bond acceptors (Lipinski definition) is 9. The number of benzene rings is 1. The largest absolute Gasteiger partial charge is 0.368 e. The van der Waals surface area contributed by atoms with Gasteiger partial charge in [0, 0.05) is 12.7 Å². The van der Waals surface area contributed by atoms with Crippen LogP contribution < -0.4 is 11.1 Å². The Morgan fingerprint density at radius 1 is 1.10 bits per heavy atom. The number of nitrogen functional groups attached to an aromatic ring is 1. The molecule has 3 aromatic heterocycles. The van der Waals surface area contributed by atoms with Crippen LogP contribution in [0.2, 0.25) is 0 Å². The van der Waals surface area contributed by atoms with Gasteiger partial charge in [-0.15, -0.1) is 21.5 Å². The number of aromatic nitrogens is 6. The number of rotatable bonds is 7. The normalized spacial score (nSPS) is 11.0. The van der Waals surface area contributed by atoms with E-state index in [0.717, 1.165) is 28.0 Å². The Balaban J connectivity index is 1.50. The Kier molecular flexibility index (Phi) is 5.72. The number of anilines is 3. The molecule has 8 nitrogen and oxygen atoms in total. The van der Waals surface area contributed by atoms with E-state index in [1.807, 2.05) is 47.3 Å². The van der Waals surface area contributed by atoms with Crippen LogP contribution in [0.1, 0.15) is 18.3 Å². The van der Waals surface area contributed by atoms with E-state index in [1.54, 1.807) is 11.3 Å². The molecule has 0 saturated carbocycles. The van der Waals surface area contributed by atoms with E-state index in [1.165, 1.54) is 17.3 Å². The number of aryl methyl sites for hydroxylation is 1. The second-order valence-corrected chi connectivity index (χ2v) is 8.09. The average Bonchev–Trinajstić information content (AvgIpc) is 3.36. The van der Waals surface area contributed by atoms with Gasteiger partial charge in [0.15, 0.2) is 11.0 Å². The zero-order valence-corrected chi connectivity index (χ0v) is 17.7. The van der Waals surface area contributed by atoms with Gasteiger partial charge in [0.1, 0.15) is 5.82 Å². The van der Waals surface area contributed by atoms with Crippen molar-refractivity contribution in [3.63, 3.8) is 0 Å². The first-order valence-electron chi connectivity index (χ1n) is 9.05. The first-order valence-corrected chi connectivity index (χ1v) is 10.9. The topological polar surface area (TPSA) is 107 Å². The summed E-state index contributed by atoms with van der Waals surface area (Å²) in [5.74, 6) is 2.55. The van der Waals surface area contributed by atoms with Crippen LogP contribution in [0.3, 0.4) is 0 Å². The van der Waals surface area contributed by atoms with Crippen molar-refractivity contribution in [3.8, 4) is 10.7 Å². The highest BCUT2D eigenvalue weighted by molar-refractivity contribution is 7.98. The smallest absolute Gasteiger partial charge is 0.232 e. The maximum absolute atomic E-state index is 5.91. The molecule has 4 aromatic rings. The van der Waals surface area contributed by atoms with Crippen molar-refractivity contribution in [2.24, 2.45) is 7.05 Å². The molecule has 1 aromatic carbocycles. The van der Waals surface area contributed by atoms with E-state index in [-0.39, 0.29) is 5.95 Å². The highest BCUT2D eigenvalue weighted by atomic mass is 32.2. The van der Waals surface area contributed by atoms with Crippen LogP contribution in [-0.2, 0) is 19.2 Å². The second kappa shape index (κ2) is 8.58. The summed E-state index contributed by atoms with van der Waals surface area (Å²) in [6, 6.07) is 12.1. The predicted molar refractivity (Wildman–Crippen MR) is 117 cm³/mol. The summed E-state index contributed by atoms with van der Waals surface area (Å²) >= 11 is 3.14. The summed E-state index contributed by atoms with van der Waals surface area (Å²) in [6.45, 7) is 2.11. The van der Waals surface area contributed by atoms with Gasteiger partial charge in [0.25, 0.3) is 0 Å². The van der Waals surface area contributed by atoms with Crippen LogP contribution in [0.25, 0.3) is 10.7 Å². The monoisotopic (exact) mass is 424 g/mol. The number of nitrogens with one attached hydrogen (secondary N) is 1. The standard InChI is InChI=1S/C19H20N8S2/c1-3-12-7-4-5-8-13(12)21-18-23-15(22-17(20)24-18)11-29-19-26-25-16(27(19)2)14-9-6-10-28-14/h4-10H,3,11H2,1-2H3,(H3,20,21,22,23,24). The van der Waals surface area contributed by atoms with Crippen molar-refractivity contribution in [1.29, 1.82) is 0 Å². The molecule has 29 heavy (non-hydrogen) atoms. The van der Waals surface area contributed by atoms with E-state index in [0.29, 0.717) is 17.5 Å². The van der Waals surface area contributed by atoms with Gasteiger partial charge in [0.05, 0.1) is 10.6 Å². The van der Waals surface area contributed by atoms with Gasteiger partial charge >= 0.3 is 0 Å². The molecular formula is C19H20N8S2. The number of nitrogens with zero attached hydrogens (tertiary/aromatic N) is 6. The maximum Gasteiger partial charge on any atom is 0.232 e. The molecule has 0 amide bonds. The van der Waals surface area contributed by atoms with Crippen LogP contribution in [0, 0.1) is 0 Å². The summed E-state index contributed by atoms with van der Waals surface area (Å²) < 4.78 is 1.97. The van der Waals surface area contributed by atoms with Crippen LogP contribution in [-0.4, -0.2) is 29.7 Å². The average molecular weight is 425 g/mol. The van der Waals surface area contributed by atoms with Gasteiger partial charge in [-0.1, -0.05) is 43.0 Å². The number of para-hydroxylation sites is 1. The third-order valence-corrected chi connectivity index (χ3v) is 6.13. The lowest BCUT2D eigenvalue weighted by atomic mass is 10.1. The molecule has 10 heteroatoms. The molecule has 0 bridgehead atoms. The Morgan fingerprint density at radius 2 is 1.97 bits per heavy atom. The van der Waals surface area contributed by atoms with Crippen LogP contribution in [0.5, 0.6) is 0 Å². The molecule has 0 aliphatic carbocycles. The quantitative estimate of drug-likeness (QED) is 0.430. The molecule has 148 valence electrons. The molecular weight excluding hydrogens is 404 g/mol. The minimum Gasteiger partial charge on any atom is -0.368 e. The lowest BCUT2D eigenvalue weighted by molar-refractivity contribution is 0.793. The van der Waals surface area contributed by atoms with Gasteiger partial charge < -0.3 is 15.6 Å². The van der Waals surface area contributed by atoms with Crippen molar-refractivity contribution in [2.75, 3.05) is 11.1 Å². The molecule has 0 radical (unpaired) electrons. The van der Waals surface area contributed by atoms with E-state index < -0.39 is 0 Å². The van der Waals surface area contributed by atoms with Crippen molar-refractivity contribution in [3.05, 3.63) is 53.2 Å². The molecule has 4 rings (SSSR count). The summed E-state index contributed by atoms with van der Waals surface area (Å²) in [5, 5.41) is 14.6. The van der Waals surface area contributed by atoms with Crippen molar-refractivity contribution >= 4 is 40.7 Å². The molecule has 0 unspecified atom stereocenters. The first-order chi connectivity index (χ1) is 14.1. The predicted octanol–water partition coefficient (Wildman–Crippen LogP) is 3.91. The fourth-order valence-electron chi connectivity index (χ4n) is 2.82. The van der Waals surface area contributed by atoms with Crippen molar-refractivity contribution in [2.45, 2.75) is 24.3 Å². The zero-order valence-electron chi connectivity index (χ0n) is 16.0. The minimum absolute atomic E-state index is 0.185. The van der Waals surface area contributed by atoms with E-state index in [4.69, 9.17) is 5.73 Å². The van der Waals surface area contributed by atoms with Gasteiger partial charge in [-0.3, -0.25) is 0 Å². The van der Waals surface area contributed by atoms with E-state index in [2.05, 4.69) is 43.5 Å². The zero-order chi connectivity index (χ0) is 20.2. The molecule has 0 fully saturated rings. The Labute approximate surface area is 176 Å². The van der Waals surface area contributed by atoms with Crippen LogP contribution in [0.15, 0.2) is 46.9 Å². The Hall–Kier alpha value is -2.98. The molecule has 0 aliphatic heterocycles. The lowest BCUT2D eigenvalue weighted by Gasteiger charge is -2.10. The first kappa shape index (κ1) is 19.3. The summed E-state index contributed by atoms with van der Waals surface area (Å²) in [5.41, 5.74) is 8.06. The number of hydrogen-bond donors (Lipinski definition) is 2. The van der Waals surface area contributed by atoms with Gasteiger partial charge in [0.2, 0.25) is 11.9 Å². The second-order valence-electron chi connectivity index (χ2n) is 6.20. The number of thioether (sulfide) groups is 1. The fourth-order valence-corrected chi connectivity index (χ4v) is 4.33. The van der Waals surface area contributed by atoms with Gasteiger partial charge in [-0.2, -0.15) is 15.0 Å². The summed E-state index contributed by atoms with van der Waals surface area (Å²) in [4.78, 5) is 14.1. The molecule has 3 N–H and O–H groups in total. The van der Waals surface area contributed by atoms with E-state index >= 15 is 0 Å². The third kappa shape index (κ3) is 4.38. The van der Waals surface area contributed by atoms with Crippen LogP contribution >= 0.6 is 23.1 Å². The molecule has 0 spiro atoms. The van der Waals surface area contributed by atoms with E-state index in [9.17, 15) is 0 Å². The van der Waals surface area contributed by atoms with Gasteiger partial charge in [-0.05, 0) is 29.5 Å². The Morgan fingerprint density at radius 3 is 2.76 bits per heavy atom. The number of thiophene rings is 1. The Bertz CT molecular complexity index is 1110. The van der Waals surface area contributed by atoms with Crippen molar-refractivity contribution in [1.82, 2.24) is 29.7 Å². The molecule has 0 atom stereocenters. The van der Waals surface area contributed by atoms with Crippen LogP contribution in [0.4, 0.5) is 17.6 Å². The minimum atomic E-state index is 0.185. The molecule has 0 saturated heterocycles. The lowest BCUT2D eigenvalue weighted by Crippen LogP contribution is -2.07. The molecule has 0 aliphatic rings. The maximum atomic E-state index is 5.91.